The van der Waals surface area contributed by atoms with Gasteiger partial charge in [-0.05, 0) is 37.5 Å². The maximum Gasteiger partial charge on any atom is 0.247 e. The maximum absolute atomic E-state index is 12.1. The summed E-state index contributed by atoms with van der Waals surface area (Å²) >= 11 is 0. The van der Waals surface area contributed by atoms with Crippen LogP contribution in [0.2, 0.25) is 0 Å². The highest BCUT2D eigenvalue weighted by Crippen LogP contribution is 2.19. The molecular formula is C16H22N2O2. The Labute approximate surface area is 120 Å². The van der Waals surface area contributed by atoms with Crippen LogP contribution in [0.3, 0.4) is 0 Å². The molecule has 1 atom stereocenters. The Hall–Kier alpha value is -1.81. The lowest BCUT2D eigenvalue weighted by Crippen LogP contribution is -2.40. The van der Waals surface area contributed by atoms with Gasteiger partial charge < -0.3 is 15.4 Å². The Kier molecular flexibility index (Phi) is 4.79. The molecule has 0 aromatic heterocycles. The number of benzene rings is 1. The van der Waals surface area contributed by atoms with E-state index in [9.17, 15) is 4.79 Å². The van der Waals surface area contributed by atoms with Crippen molar-refractivity contribution in [3.63, 3.8) is 0 Å². The molecule has 1 fully saturated rings. The van der Waals surface area contributed by atoms with Crippen LogP contribution >= 0.6 is 0 Å². The zero-order valence-electron chi connectivity index (χ0n) is 12.3. The zero-order chi connectivity index (χ0) is 14.5. The van der Waals surface area contributed by atoms with E-state index in [-0.39, 0.29) is 11.9 Å². The van der Waals surface area contributed by atoms with Crippen molar-refractivity contribution >= 4 is 5.91 Å². The molecule has 1 heterocycles. The number of nitrogens with one attached hydrogen (secondary N) is 2. The third-order valence-corrected chi connectivity index (χ3v) is 3.64. The number of carbonyl (C=O) groups is 1. The van der Waals surface area contributed by atoms with Gasteiger partial charge in [0.2, 0.25) is 5.91 Å². The van der Waals surface area contributed by atoms with Crippen molar-refractivity contribution in [2.45, 2.75) is 26.3 Å². The van der Waals surface area contributed by atoms with E-state index in [1.165, 1.54) is 5.57 Å². The monoisotopic (exact) mass is 274 g/mol. The Bertz CT molecular complexity index is 517. The van der Waals surface area contributed by atoms with E-state index < -0.39 is 0 Å². The molecule has 0 aliphatic carbocycles. The van der Waals surface area contributed by atoms with Crippen molar-refractivity contribution in [3.05, 3.63) is 41.0 Å². The third kappa shape index (κ3) is 3.39. The predicted octanol–water partition coefficient (Wildman–Crippen LogP) is 1.66. The highest BCUT2D eigenvalue weighted by atomic mass is 16.5. The molecule has 1 unspecified atom stereocenters. The average molecular weight is 274 g/mol. The second-order valence-corrected chi connectivity index (χ2v) is 5.22. The molecule has 4 nitrogen and oxygen atoms in total. The van der Waals surface area contributed by atoms with Crippen LogP contribution in [0.25, 0.3) is 0 Å². The van der Waals surface area contributed by atoms with E-state index in [2.05, 4.69) is 10.6 Å². The SMILES string of the molecule is COc1ccccc1CC(C)NC(=O)C(C)=C1CNC1. The fourth-order valence-corrected chi connectivity index (χ4v) is 2.26. The first kappa shape index (κ1) is 14.6. The smallest absolute Gasteiger partial charge is 0.247 e. The van der Waals surface area contributed by atoms with Crippen molar-refractivity contribution in [1.29, 1.82) is 0 Å². The number of amides is 1. The first-order valence-electron chi connectivity index (χ1n) is 6.94. The fourth-order valence-electron chi connectivity index (χ4n) is 2.26. The molecule has 0 spiro atoms. The van der Waals surface area contributed by atoms with E-state index in [0.29, 0.717) is 0 Å². The molecule has 1 aromatic rings. The van der Waals surface area contributed by atoms with Crippen LogP contribution in [-0.4, -0.2) is 32.1 Å². The topological polar surface area (TPSA) is 50.4 Å². The van der Waals surface area contributed by atoms with Gasteiger partial charge in [0.05, 0.1) is 7.11 Å². The maximum atomic E-state index is 12.1. The summed E-state index contributed by atoms with van der Waals surface area (Å²) in [6.45, 7) is 5.57. The minimum Gasteiger partial charge on any atom is -0.496 e. The van der Waals surface area contributed by atoms with Gasteiger partial charge in [-0.3, -0.25) is 4.79 Å². The predicted molar refractivity (Wildman–Crippen MR) is 79.9 cm³/mol. The summed E-state index contributed by atoms with van der Waals surface area (Å²) in [5, 5.41) is 6.20. The summed E-state index contributed by atoms with van der Waals surface area (Å²) < 4.78 is 5.33. The van der Waals surface area contributed by atoms with Gasteiger partial charge in [-0.25, -0.2) is 0 Å². The second-order valence-electron chi connectivity index (χ2n) is 5.22. The largest absolute Gasteiger partial charge is 0.496 e. The Balaban J connectivity index is 1.95. The quantitative estimate of drug-likeness (QED) is 0.803. The number of methoxy groups -OCH3 is 1. The first-order chi connectivity index (χ1) is 9.61. The molecule has 20 heavy (non-hydrogen) atoms. The molecule has 1 saturated heterocycles. The molecule has 0 saturated carbocycles. The van der Waals surface area contributed by atoms with Crippen molar-refractivity contribution in [1.82, 2.24) is 10.6 Å². The van der Waals surface area contributed by atoms with Gasteiger partial charge in [-0.15, -0.1) is 0 Å². The lowest BCUT2D eigenvalue weighted by atomic mass is 10.0. The van der Waals surface area contributed by atoms with Crippen LogP contribution in [0.4, 0.5) is 0 Å². The minimum absolute atomic E-state index is 0.0314. The summed E-state index contributed by atoms with van der Waals surface area (Å²) in [7, 11) is 1.67. The van der Waals surface area contributed by atoms with Crippen LogP contribution in [0, 0.1) is 0 Å². The zero-order valence-corrected chi connectivity index (χ0v) is 12.3. The number of para-hydroxylation sites is 1. The van der Waals surface area contributed by atoms with E-state index >= 15 is 0 Å². The molecule has 1 amide bonds. The lowest BCUT2D eigenvalue weighted by molar-refractivity contribution is -0.118. The van der Waals surface area contributed by atoms with Gasteiger partial charge in [0.15, 0.2) is 0 Å². The van der Waals surface area contributed by atoms with E-state index in [0.717, 1.165) is 36.4 Å². The van der Waals surface area contributed by atoms with Gasteiger partial charge in [0, 0.05) is 24.7 Å². The molecule has 2 N–H and O–H groups in total. The van der Waals surface area contributed by atoms with Crippen molar-refractivity contribution in [3.8, 4) is 5.75 Å². The summed E-state index contributed by atoms with van der Waals surface area (Å²) in [6.07, 6.45) is 0.761. The van der Waals surface area contributed by atoms with E-state index in [1.807, 2.05) is 38.1 Å². The number of ether oxygens (including phenoxy) is 1. The summed E-state index contributed by atoms with van der Waals surface area (Å²) in [6, 6.07) is 7.98. The van der Waals surface area contributed by atoms with Crippen LogP contribution in [0.15, 0.2) is 35.4 Å². The first-order valence-corrected chi connectivity index (χ1v) is 6.94. The van der Waals surface area contributed by atoms with Crippen molar-refractivity contribution < 1.29 is 9.53 Å². The molecule has 0 bridgehead atoms. The van der Waals surface area contributed by atoms with Gasteiger partial charge >= 0.3 is 0 Å². The third-order valence-electron chi connectivity index (χ3n) is 3.64. The van der Waals surface area contributed by atoms with Crippen molar-refractivity contribution in [2.75, 3.05) is 20.2 Å². The highest BCUT2D eigenvalue weighted by molar-refractivity contribution is 5.94. The highest BCUT2D eigenvalue weighted by Gasteiger charge is 2.17. The molecule has 108 valence electrons. The molecule has 1 aromatic carbocycles. The molecule has 1 aliphatic rings. The standard InChI is InChI=1S/C16H22N2O2/c1-11(8-13-6-4-5-7-15(13)20-3)18-16(19)12(2)14-9-17-10-14/h4-7,11,17H,8-10H2,1-3H3,(H,18,19). The van der Waals surface area contributed by atoms with E-state index in [1.54, 1.807) is 7.11 Å². The molecule has 0 radical (unpaired) electrons. The Morgan fingerprint density at radius 3 is 2.70 bits per heavy atom. The Morgan fingerprint density at radius 2 is 2.10 bits per heavy atom. The molecule has 1 aliphatic heterocycles. The molecular weight excluding hydrogens is 252 g/mol. The van der Waals surface area contributed by atoms with Crippen molar-refractivity contribution in [2.24, 2.45) is 0 Å². The minimum atomic E-state index is 0.0314. The summed E-state index contributed by atoms with van der Waals surface area (Å²) in [4.78, 5) is 12.1. The molecule has 2 rings (SSSR count). The molecule has 4 heteroatoms. The van der Waals surface area contributed by atoms with Crippen LogP contribution in [0.5, 0.6) is 5.75 Å². The van der Waals surface area contributed by atoms with Crippen LogP contribution < -0.4 is 15.4 Å². The second kappa shape index (κ2) is 6.57. The number of carbonyl (C=O) groups excluding carboxylic acids is 1. The van der Waals surface area contributed by atoms with Crippen LogP contribution in [-0.2, 0) is 11.2 Å². The number of rotatable bonds is 5. The fraction of sp³-hybridized carbons (Fsp3) is 0.438. The lowest BCUT2D eigenvalue weighted by Gasteiger charge is -2.23. The normalized spacial score (nSPS) is 15.2. The summed E-state index contributed by atoms with van der Waals surface area (Å²) in [5.74, 6) is 0.899. The van der Waals surface area contributed by atoms with E-state index in [4.69, 9.17) is 4.74 Å². The van der Waals surface area contributed by atoms with Gasteiger partial charge in [0.1, 0.15) is 5.75 Å². The summed E-state index contributed by atoms with van der Waals surface area (Å²) in [5.41, 5.74) is 3.15. The Morgan fingerprint density at radius 1 is 1.40 bits per heavy atom. The average Bonchev–Trinajstić information content (AvgIpc) is 2.37. The van der Waals surface area contributed by atoms with Gasteiger partial charge in [-0.1, -0.05) is 18.2 Å². The van der Waals surface area contributed by atoms with Crippen LogP contribution in [0.1, 0.15) is 19.4 Å². The van der Waals surface area contributed by atoms with Gasteiger partial charge in [0.25, 0.3) is 0 Å². The number of hydrogen-bond donors (Lipinski definition) is 2. The number of hydrogen-bond acceptors (Lipinski definition) is 3. The van der Waals surface area contributed by atoms with Gasteiger partial charge in [-0.2, -0.15) is 0 Å².